The van der Waals surface area contributed by atoms with Crippen LogP contribution in [0.3, 0.4) is 0 Å². The van der Waals surface area contributed by atoms with Gasteiger partial charge in [-0.15, -0.1) is 0 Å². The number of piperazine rings is 1. The number of aromatic nitrogens is 1. The molecule has 1 atom stereocenters. The first-order chi connectivity index (χ1) is 9.99. The Balaban J connectivity index is 2.04. The van der Waals surface area contributed by atoms with Crippen LogP contribution in [0.4, 0.5) is 19.0 Å². The largest absolute Gasteiger partial charge is 0.417 e. The lowest BCUT2D eigenvalue weighted by Gasteiger charge is -2.36. The highest BCUT2D eigenvalue weighted by molar-refractivity contribution is 5.51. The average molecular weight is 297 g/mol. The molecule has 2 aliphatic heterocycles. The maximum absolute atomic E-state index is 12.8. The van der Waals surface area contributed by atoms with Crippen molar-refractivity contribution < 1.29 is 13.2 Å². The number of nitrogens with zero attached hydrogens (tertiary/aromatic N) is 4. The number of anilines is 1. The highest BCUT2D eigenvalue weighted by Gasteiger charge is 2.35. The van der Waals surface area contributed by atoms with Gasteiger partial charge in [0.2, 0.25) is 0 Å². The lowest BCUT2D eigenvalue weighted by Crippen LogP contribution is -2.54. The highest BCUT2D eigenvalue weighted by atomic mass is 19.4. The molecule has 0 bridgehead atoms. The lowest BCUT2D eigenvalue weighted by molar-refractivity contribution is -0.137. The predicted octanol–water partition coefficient (Wildman–Crippen LogP) is 1.18. The summed E-state index contributed by atoms with van der Waals surface area (Å²) in [6.45, 7) is 2.78. The van der Waals surface area contributed by atoms with Crippen LogP contribution in [0.25, 0.3) is 0 Å². The summed E-state index contributed by atoms with van der Waals surface area (Å²) in [4.78, 5) is 7.53. The van der Waals surface area contributed by atoms with E-state index in [0.29, 0.717) is 31.0 Å². The number of hydrogen-bond acceptors (Lipinski definition) is 5. The van der Waals surface area contributed by atoms with Gasteiger partial charge in [-0.05, 0) is 6.07 Å². The van der Waals surface area contributed by atoms with Crippen molar-refractivity contribution in [2.45, 2.75) is 18.8 Å². The fourth-order valence-electron chi connectivity index (χ4n) is 2.84. The van der Waals surface area contributed by atoms with Crippen molar-refractivity contribution in [3.63, 3.8) is 0 Å². The molecule has 1 saturated heterocycles. The zero-order valence-electron chi connectivity index (χ0n) is 11.2. The van der Waals surface area contributed by atoms with Crippen LogP contribution in [0, 0.1) is 11.5 Å². The molecule has 1 aromatic rings. The van der Waals surface area contributed by atoms with Crippen molar-refractivity contribution in [3.8, 4) is 6.19 Å². The molecule has 5 nitrogen and oxygen atoms in total. The summed E-state index contributed by atoms with van der Waals surface area (Å²) in [6.07, 6.45) is -1.50. The molecule has 1 N–H and O–H groups in total. The molecule has 3 heterocycles. The van der Waals surface area contributed by atoms with Crippen molar-refractivity contribution >= 4 is 5.82 Å². The predicted molar refractivity (Wildman–Crippen MR) is 69.3 cm³/mol. The molecule has 0 radical (unpaired) electrons. The second-order valence-electron chi connectivity index (χ2n) is 5.24. The van der Waals surface area contributed by atoms with Gasteiger partial charge in [-0.1, -0.05) is 0 Å². The van der Waals surface area contributed by atoms with Gasteiger partial charge in [0.05, 0.1) is 24.7 Å². The fraction of sp³-hybridized carbons (Fsp3) is 0.538. The Kier molecular flexibility index (Phi) is 3.37. The van der Waals surface area contributed by atoms with Crippen LogP contribution >= 0.6 is 0 Å². The Hall–Kier alpha value is -2.01. The summed E-state index contributed by atoms with van der Waals surface area (Å²) >= 11 is 0. The van der Waals surface area contributed by atoms with Crippen molar-refractivity contribution in [2.75, 3.05) is 31.1 Å². The molecule has 0 aromatic carbocycles. The maximum atomic E-state index is 12.8. The van der Waals surface area contributed by atoms with Crippen LogP contribution in [0.2, 0.25) is 0 Å². The number of halogens is 3. The Bertz CT molecular complexity index is 580. The molecule has 0 saturated carbocycles. The molecular weight excluding hydrogens is 283 g/mol. The number of nitriles is 1. The Labute approximate surface area is 120 Å². The molecule has 3 rings (SSSR count). The van der Waals surface area contributed by atoms with Gasteiger partial charge >= 0.3 is 6.18 Å². The Morgan fingerprint density at radius 3 is 2.95 bits per heavy atom. The van der Waals surface area contributed by atoms with Crippen molar-refractivity contribution in [1.29, 1.82) is 5.26 Å². The molecule has 1 aromatic heterocycles. The molecule has 0 aliphatic carbocycles. The molecule has 112 valence electrons. The van der Waals surface area contributed by atoms with E-state index in [9.17, 15) is 13.2 Å². The normalized spacial score (nSPS) is 22.1. The number of pyridine rings is 1. The Morgan fingerprint density at radius 2 is 2.24 bits per heavy atom. The fourth-order valence-corrected chi connectivity index (χ4v) is 2.84. The number of rotatable bonds is 0. The number of alkyl halides is 3. The van der Waals surface area contributed by atoms with Gasteiger partial charge in [0, 0.05) is 31.4 Å². The van der Waals surface area contributed by atoms with E-state index >= 15 is 0 Å². The summed E-state index contributed by atoms with van der Waals surface area (Å²) in [6, 6.07) is 1.15. The maximum Gasteiger partial charge on any atom is 0.417 e. The minimum Gasteiger partial charge on any atom is -0.349 e. The van der Waals surface area contributed by atoms with Crippen LogP contribution in [0.5, 0.6) is 0 Å². The second-order valence-corrected chi connectivity index (χ2v) is 5.24. The SMILES string of the molecule is N#CN1Cc2cc(C(F)(F)F)cnc2N2CCNCC2C1. The second kappa shape index (κ2) is 5.07. The van der Waals surface area contributed by atoms with E-state index in [2.05, 4.69) is 10.3 Å². The van der Waals surface area contributed by atoms with Crippen molar-refractivity contribution in [3.05, 3.63) is 23.4 Å². The van der Waals surface area contributed by atoms with Gasteiger partial charge in [0.25, 0.3) is 0 Å². The first-order valence-electron chi connectivity index (χ1n) is 6.67. The minimum absolute atomic E-state index is 0.0453. The molecule has 1 unspecified atom stereocenters. The molecule has 0 amide bonds. The van der Waals surface area contributed by atoms with E-state index < -0.39 is 11.7 Å². The van der Waals surface area contributed by atoms with E-state index in [1.807, 2.05) is 11.1 Å². The molecule has 2 aliphatic rings. The van der Waals surface area contributed by atoms with E-state index in [1.165, 1.54) is 4.90 Å². The summed E-state index contributed by atoms with van der Waals surface area (Å²) in [5.74, 6) is 0.562. The molecule has 1 fully saturated rings. The molecule has 0 spiro atoms. The third-order valence-electron chi connectivity index (χ3n) is 3.83. The quantitative estimate of drug-likeness (QED) is 0.729. The number of nitrogens with one attached hydrogen (secondary N) is 1. The van der Waals surface area contributed by atoms with E-state index in [4.69, 9.17) is 5.26 Å². The standard InChI is InChI=1S/C13H14F3N5/c14-13(15,16)10-3-9-6-20(8-17)7-11-5-18-1-2-21(11)12(9)19-4-10/h3-4,11,18H,1-2,5-7H2. The molecule has 21 heavy (non-hydrogen) atoms. The smallest absolute Gasteiger partial charge is 0.349 e. The van der Waals surface area contributed by atoms with E-state index in [-0.39, 0.29) is 12.6 Å². The van der Waals surface area contributed by atoms with Crippen molar-refractivity contribution in [1.82, 2.24) is 15.2 Å². The van der Waals surface area contributed by atoms with Gasteiger partial charge < -0.3 is 15.1 Å². The minimum atomic E-state index is -4.42. The van der Waals surface area contributed by atoms with Gasteiger partial charge in [-0.25, -0.2) is 4.98 Å². The first-order valence-corrected chi connectivity index (χ1v) is 6.67. The van der Waals surface area contributed by atoms with Crippen LogP contribution < -0.4 is 10.2 Å². The third-order valence-corrected chi connectivity index (χ3v) is 3.83. The zero-order chi connectivity index (χ0) is 15.0. The van der Waals surface area contributed by atoms with E-state index in [0.717, 1.165) is 18.8 Å². The summed E-state index contributed by atoms with van der Waals surface area (Å²) in [7, 11) is 0. The van der Waals surface area contributed by atoms with Crippen LogP contribution in [0.15, 0.2) is 12.3 Å². The van der Waals surface area contributed by atoms with Crippen LogP contribution in [-0.2, 0) is 12.7 Å². The summed E-state index contributed by atoms with van der Waals surface area (Å²) < 4.78 is 38.5. The van der Waals surface area contributed by atoms with Gasteiger partial charge in [0.1, 0.15) is 5.82 Å². The van der Waals surface area contributed by atoms with E-state index in [1.54, 1.807) is 0 Å². The van der Waals surface area contributed by atoms with Gasteiger partial charge in [0.15, 0.2) is 6.19 Å². The van der Waals surface area contributed by atoms with Gasteiger partial charge in [-0.2, -0.15) is 18.4 Å². The van der Waals surface area contributed by atoms with Crippen LogP contribution in [0.1, 0.15) is 11.1 Å². The van der Waals surface area contributed by atoms with Crippen LogP contribution in [-0.4, -0.2) is 42.1 Å². The summed E-state index contributed by atoms with van der Waals surface area (Å²) in [5, 5.41) is 12.4. The lowest BCUT2D eigenvalue weighted by atomic mass is 10.1. The monoisotopic (exact) mass is 297 g/mol. The molecular formula is C13H14F3N5. The number of fused-ring (bicyclic) bond motifs is 3. The molecule has 8 heteroatoms. The first kappa shape index (κ1) is 13.9. The highest BCUT2D eigenvalue weighted by Crippen LogP contribution is 2.33. The van der Waals surface area contributed by atoms with Gasteiger partial charge in [-0.3, -0.25) is 0 Å². The third kappa shape index (κ3) is 2.61. The topological polar surface area (TPSA) is 55.2 Å². The Morgan fingerprint density at radius 1 is 1.43 bits per heavy atom. The van der Waals surface area contributed by atoms with Crippen molar-refractivity contribution in [2.24, 2.45) is 0 Å². The zero-order valence-corrected chi connectivity index (χ0v) is 11.2. The summed E-state index contributed by atoms with van der Waals surface area (Å²) in [5.41, 5.74) is -0.316. The average Bonchev–Trinajstić information content (AvgIpc) is 2.62. The number of hydrogen-bond donors (Lipinski definition) is 1.